The summed E-state index contributed by atoms with van der Waals surface area (Å²) >= 11 is 4.93. The number of nitrogens with two attached hydrogens (primary N) is 1. The van der Waals surface area contributed by atoms with Crippen LogP contribution < -0.4 is 5.73 Å². The highest BCUT2D eigenvalue weighted by molar-refractivity contribution is 7.88. The predicted molar refractivity (Wildman–Crippen MR) is 83.9 cm³/mol. The third-order valence-corrected chi connectivity index (χ3v) is 4.99. The second-order valence-corrected chi connectivity index (χ2v) is 7.25. The molecule has 112 valence electrons. The lowest BCUT2D eigenvalue weighted by molar-refractivity contribution is 0.177. The van der Waals surface area contributed by atoms with Gasteiger partial charge in [0.15, 0.2) is 0 Å². The number of thiocarbonyl (C=S) groups is 1. The zero-order valence-corrected chi connectivity index (χ0v) is 13.2. The summed E-state index contributed by atoms with van der Waals surface area (Å²) < 4.78 is 25.7. The average molecular weight is 316 g/mol. The number of rotatable bonds is 7. The number of hydrogen-bond donors (Lipinski definition) is 2. The Morgan fingerprint density at radius 2 is 2.05 bits per heavy atom. The van der Waals surface area contributed by atoms with Crippen LogP contribution >= 0.6 is 12.2 Å². The van der Waals surface area contributed by atoms with Gasteiger partial charge in [-0.3, -0.25) is 0 Å². The molecular formula is C13H20N2O3S2. The highest BCUT2D eigenvalue weighted by atomic mass is 32.2. The molecule has 1 rings (SSSR count). The lowest BCUT2D eigenvalue weighted by Crippen LogP contribution is -2.31. The molecule has 0 saturated carbocycles. The number of nitrogens with zero attached hydrogens (tertiary/aromatic N) is 1. The first-order valence-corrected chi connectivity index (χ1v) is 8.25. The van der Waals surface area contributed by atoms with E-state index in [2.05, 4.69) is 0 Å². The topological polar surface area (TPSA) is 83.6 Å². The van der Waals surface area contributed by atoms with Crippen LogP contribution in [0.2, 0.25) is 0 Å². The van der Waals surface area contributed by atoms with Gasteiger partial charge in [0.05, 0.1) is 11.9 Å². The molecule has 1 aromatic rings. The summed E-state index contributed by atoms with van der Waals surface area (Å²) in [4.78, 5) is 0.183. The summed E-state index contributed by atoms with van der Waals surface area (Å²) in [5, 5.41) is 9.22. The van der Waals surface area contributed by atoms with E-state index in [1.807, 2.05) is 0 Å². The molecule has 0 radical (unpaired) electrons. The molecule has 0 saturated heterocycles. The molecule has 0 fully saturated rings. The SMILES string of the molecule is CC(O)CCN(C)S(=O)(=O)Cc1ccccc1C(N)=S. The van der Waals surface area contributed by atoms with Gasteiger partial charge in [-0.2, -0.15) is 0 Å². The molecule has 20 heavy (non-hydrogen) atoms. The van der Waals surface area contributed by atoms with Gasteiger partial charge in [-0.15, -0.1) is 0 Å². The van der Waals surface area contributed by atoms with E-state index in [1.54, 1.807) is 31.2 Å². The maximum absolute atomic E-state index is 12.2. The average Bonchev–Trinajstić information content (AvgIpc) is 2.35. The number of aliphatic hydroxyl groups is 1. The molecule has 0 spiro atoms. The van der Waals surface area contributed by atoms with Crippen molar-refractivity contribution in [3.05, 3.63) is 35.4 Å². The van der Waals surface area contributed by atoms with Gasteiger partial charge in [0.2, 0.25) is 10.0 Å². The van der Waals surface area contributed by atoms with Gasteiger partial charge in [0.1, 0.15) is 4.99 Å². The van der Waals surface area contributed by atoms with E-state index >= 15 is 0 Å². The van der Waals surface area contributed by atoms with Crippen molar-refractivity contribution in [2.45, 2.75) is 25.2 Å². The molecule has 0 aromatic heterocycles. The van der Waals surface area contributed by atoms with Crippen molar-refractivity contribution < 1.29 is 13.5 Å². The maximum Gasteiger partial charge on any atom is 0.218 e. The minimum atomic E-state index is -3.46. The van der Waals surface area contributed by atoms with E-state index in [9.17, 15) is 13.5 Å². The quantitative estimate of drug-likeness (QED) is 0.729. The molecule has 5 nitrogen and oxygen atoms in total. The van der Waals surface area contributed by atoms with Gasteiger partial charge in [-0.25, -0.2) is 12.7 Å². The Morgan fingerprint density at radius 1 is 1.45 bits per heavy atom. The van der Waals surface area contributed by atoms with Crippen LogP contribution in [0.3, 0.4) is 0 Å². The van der Waals surface area contributed by atoms with Gasteiger partial charge in [-0.05, 0) is 18.9 Å². The first-order chi connectivity index (χ1) is 9.24. The lowest BCUT2D eigenvalue weighted by Gasteiger charge is -2.18. The summed E-state index contributed by atoms with van der Waals surface area (Å²) in [7, 11) is -1.96. The molecular weight excluding hydrogens is 296 g/mol. The Kier molecular flexibility index (Phi) is 6.07. The molecule has 1 unspecified atom stereocenters. The Hall–Kier alpha value is -1.02. The number of aliphatic hydroxyl groups excluding tert-OH is 1. The smallest absolute Gasteiger partial charge is 0.218 e. The van der Waals surface area contributed by atoms with Crippen LogP contribution in [0.25, 0.3) is 0 Å². The van der Waals surface area contributed by atoms with Crippen LogP contribution in [0.15, 0.2) is 24.3 Å². The summed E-state index contributed by atoms with van der Waals surface area (Å²) in [5.41, 5.74) is 6.76. The van der Waals surface area contributed by atoms with Crippen molar-refractivity contribution in [1.82, 2.24) is 4.31 Å². The predicted octanol–water partition coefficient (Wildman–Crippen LogP) is 0.853. The van der Waals surface area contributed by atoms with E-state index in [0.29, 0.717) is 17.5 Å². The Bertz CT molecular complexity index is 571. The summed E-state index contributed by atoms with van der Waals surface area (Å²) in [5.74, 6) is -0.156. The zero-order valence-electron chi connectivity index (χ0n) is 11.6. The van der Waals surface area contributed by atoms with E-state index in [1.165, 1.54) is 11.4 Å². The minimum Gasteiger partial charge on any atom is -0.393 e. The number of sulfonamides is 1. The van der Waals surface area contributed by atoms with Crippen molar-refractivity contribution in [3.8, 4) is 0 Å². The maximum atomic E-state index is 12.2. The van der Waals surface area contributed by atoms with E-state index in [0.717, 1.165) is 0 Å². The van der Waals surface area contributed by atoms with Gasteiger partial charge in [0.25, 0.3) is 0 Å². The second-order valence-electron chi connectivity index (χ2n) is 4.74. The summed E-state index contributed by atoms with van der Waals surface area (Å²) in [6.45, 7) is 1.90. The first-order valence-electron chi connectivity index (χ1n) is 6.24. The molecule has 1 atom stereocenters. The fourth-order valence-corrected chi connectivity index (χ4v) is 3.15. The highest BCUT2D eigenvalue weighted by Gasteiger charge is 2.20. The molecule has 0 bridgehead atoms. The van der Waals surface area contributed by atoms with Crippen LogP contribution in [0.5, 0.6) is 0 Å². The largest absolute Gasteiger partial charge is 0.393 e. The number of benzene rings is 1. The van der Waals surface area contributed by atoms with Crippen LogP contribution in [-0.4, -0.2) is 42.5 Å². The molecule has 0 aliphatic rings. The van der Waals surface area contributed by atoms with Crippen LogP contribution in [-0.2, 0) is 15.8 Å². The van der Waals surface area contributed by atoms with Crippen LogP contribution in [0.4, 0.5) is 0 Å². The van der Waals surface area contributed by atoms with Crippen molar-refractivity contribution in [2.75, 3.05) is 13.6 Å². The van der Waals surface area contributed by atoms with Gasteiger partial charge in [-0.1, -0.05) is 36.5 Å². The van der Waals surface area contributed by atoms with Gasteiger partial charge >= 0.3 is 0 Å². The third kappa shape index (κ3) is 4.82. The van der Waals surface area contributed by atoms with Crippen molar-refractivity contribution >= 4 is 27.2 Å². The molecule has 0 aliphatic heterocycles. The fourth-order valence-electron chi connectivity index (χ4n) is 1.70. The van der Waals surface area contributed by atoms with Crippen molar-refractivity contribution in [2.24, 2.45) is 5.73 Å². The molecule has 0 heterocycles. The molecule has 0 amide bonds. The Labute approximate surface area is 125 Å². The van der Waals surface area contributed by atoms with Gasteiger partial charge in [0, 0.05) is 19.2 Å². The van der Waals surface area contributed by atoms with Crippen LogP contribution in [0, 0.1) is 0 Å². The van der Waals surface area contributed by atoms with Crippen molar-refractivity contribution in [3.63, 3.8) is 0 Å². The summed E-state index contributed by atoms with van der Waals surface area (Å²) in [6, 6.07) is 6.93. The molecule has 1 aromatic carbocycles. The molecule has 0 aliphatic carbocycles. The third-order valence-electron chi connectivity index (χ3n) is 2.96. The molecule has 3 N–H and O–H groups in total. The zero-order chi connectivity index (χ0) is 15.3. The standard InChI is InChI=1S/C13H20N2O3S2/c1-10(16)7-8-15(2)20(17,18)9-11-5-3-4-6-12(11)13(14)19/h3-6,10,16H,7-9H2,1-2H3,(H2,14,19). The minimum absolute atomic E-state index is 0.156. The first kappa shape index (κ1) is 17.0. The summed E-state index contributed by atoms with van der Waals surface area (Å²) in [6.07, 6.45) is -0.135. The Morgan fingerprint density at radius 3 is 2.60 bits per heavy atom. The normalized spacial score (nSPS) is 13.4. The fraction of sp³-hybridized carbons (Fsp3) is 0.462. The van der Waals surface area contributed by atoms with Crippen LogP contribution in [0.1, 0.15) is 24.5 Å². The van der Waals surface area contributed by atoms with Gasteiger partial charge < -0.3 is 10.8 Å². The van der Waals surface area contributed by atoms with E-state index in [-0.39, 0.29) is 17.3 Å². The van der Waals surface area contributed by atoms with Crippen molar-refractivity contribution in [1.29, 1.82) is 0 Å². The molecule has 7 heteroatoms. The Balaban J connectivity index is 2.89. The number of hydrogen-bond acceptors (Lipinski definition) is 4. The second kappa shape index (κ2) is 7.12. The lowest BCUT2D eigenvalue weighted by atomic mass is 10.1. The van der Waals surface area contributed by atoms with E-state index in [4.69, 9.17) is 18.0 Å². The monoisotopic (exact) mass is 316 g/mol. The van der Waals surface area contributed by atoms with E-state index < -0.39 is 16.1 Å². The highest BCUT2D eigenvalue weighted by Crippen LogP contribution is 2.15.